The van der Waals surface area contributed by atoms with Gasteiger partial charge in [0.1, 0.15) is 17.6 Å². The van der Waals surface area contributed by atoms with Gasteiger partial charge in [-0.05, 0) is 37.6 Å². The molecule has 1 aromatic carbocycles. The third-order valence-corrected chi connectivity index (χ3v) is 7.34. The Balaban J connectivity index is 1.30. The van der Waals surface area contributed by atoms with Gasteiger partial charge in [0.15, 0.2) is 5.82 Å². The molecule has 216 valence electrons. The number of nitrogens with two attached hydrogens (primary N) is 1. The highest BCUT2D eigenvalue weighted by Crippen LogP contribution is 2.40. The molecule has 2 amide bonds. The standard InChI is InChI=1S/C29H35N7O5/c1-4-41-27(37)22-17-36-25(26(30)31-18-32-36)24(22)29(2)9-7-20(8-10-29)33-28(38)34-21-5-6-23(39-3)19(15-21)16-35-11-13-40-14-12-35/h5-9,15,17-18H,4,10-14,16H2,1-3H3,(H2,30,31,32)(H2,33,34,38). The van der Waals surface area contributed by atoms with Crippen LogP contribution in [0.2, 0.25) is 0 Å². The average molecular weight is 562 g/mol. The topological polar surface area (TPSA) is 145 Å². The lowest BCUT2D eigenvalue weighted by Crippen LogP contribution is -2.35. The molecular weight excluding hydrogens is 526 g/mol. The highest BCUT2D eigenvalue weighted by molar-refractivity contribution is 5.96. The molecule has 5 rings (SSSR count). The number of carbonyl (C=O) groups is 2. The van der Waals surface area contributed by atoms with Crippen LogP contribution in [0, 0.1) is 0 Å². The zero-order valence-corrected chi connectivity index (χ0v) is 23.5. The number of morpholine rings is 1. The van der Waals surface area contributed by atoms with Gasteiger partial charge in [0, 0.05) is 53.8 Å². The van der Waals surface area contributed by atoms with Crippen molar-refractivity contribution in [1.82, 2.24) is 24.8 Å². The van der Waals surface area contributed by atoms with E-state index in [9.17, 15) is 9.59 Å². The van der Waals surface area contributed by atoms with E-state index in [1.54, 1.807) is 24.7 Å². The minimum atomic E-state index is -0.623. The first-order valence-corrected chi connectivity index (χ1v) is 13.5. The zero-order valence-electron chi connectivity index (χ0n) is 23.5. The Morgan fingerprint density at radius 3 is 2.73 bits per heavy atom. The Morgan fingerprint density at radius 2 is 2.02 bits per heavy atom. The number of aromatic nitrogens is 3. The number of nitrogens with one attached hydrogen (secondary N) is 2. The van der Waals surface area contributed by atoms with Crippen molar-refractivity contribution < 1.29 is 23.8 Å². The molecule has 3 heterocycles. The predicted molar refractivity (Wildman–Crippen MR) is 154 cm³/mol. The molecule has 12 heteroatoms. The molecule has 1 atom stereocenters. The summed E-state index contributed by atoms with van der Waals surface area (Å²) in [7, 11) is 1.64. The quantitative estimate of drug-likeness (QED) is 0.353. The van der Waals surface area contributed by atoms with Crippen LogP contribution in [0.25, 0.3) is 5.52 Å². The van der Waals surface area contributed by atoms with Crippen molar-refractivity contribution in [3.05, 3.63) is 71.3 Å². The van der Waals surface area contributed by atoms with Crippen molar-refractivity contribution in [1.29, 1.82) is 0 Å². The number of ether oxygens (including phenoxy) is 3. The molecule has 2 aliphatic rings. The average Bonchev–Trinajstić information content (AvgIpc) is 3.38. The lowest BCUT2D eigenvalue weighted by atomic mass is 9.75. The molecule has 12 nitrogen and oxygen atoms in total. The lowest BCUT2D eigenvalue weighted by Gasteiger charge is -2.29. The molecule has 41 heavy (non-hydrogen) atoms. The zero-order chi connectivity index (χ0) is 29.0. The number of benzene rings is 1. The number of fused-ring (bicyclic) bond motifs is 1. The number of rotatable bonds is 8. The molecule has 1 aliphatic carbocycles. The smallest absolute Gasteiger partial charge is 0.340 e. The first-order chi connectivity index (χ1) is 19.8. The van der Waals surface area contributed by atoms with Crippen LogP contribution in [0.1, 0.15) is 41.8 Å². The van der Waals surface area contributed by atoms with Crippen LogP contribution in [0.15, 0.2) is 54.6 Å². The first-order valence-electron chi connectivity index (χ1n) is 13.5. The van der Waals surface area contributed by atoms with Crippen LogP contribution >= 0.6 is 0 Å². The van der Waals surface area contributed by atoms with Crippen LogP contribution in [0.4, 0.5) is 16.3 Å². The summed E-state index contributed by atoms with van der Waals surface area (Å²) in [5, 5.41) is 10.1. The molecule has 1 unspecified atom stereocenters. The van der Waals surface area contributed by atoms with Crippen molar-refractivity contribution in [3.63, 3.8) is 0 Å². The molecule has 1 fully saturated rings. The molecule has 2 aromatic heterocycles. The maximum atomic E-state index is 12.9. The highest BCUT2D eigenvalue weighted by atomic mass is 16.5. The van der Waals surface area contributed by atoms with Gasteiger partial charge in [-0.25, -0.2) is 19.1 Å². The minimum absolute atomic E-state index is 0.240. The molecular formula is C29H35N7O5. The van der Waals surface area contributed by atoms with Gasteiger partial charge < -0.3 is 30.6 Å². The lowest BCUT2D eigenvalue weighted by molar-refractivity contribution is 0.0339. The van der Waals surface area contributed by atoms with E-state index in [2.05, 4.69) is 25.6 Å². The van der Waals surface area contributed by atoms with Crippen molar-refractivity contribution in [2.45, 2.75) is 32.2 Å². The van der Waals surface area contributed by atoms with Gasteiger partial charge in [0.25, 0.3) is 0 Å². The first kappa shape index (κ1) is 28.1. The van der Waals surface area contributed by atoms with E-state index >= 15 is 0 Å². The van der Waals surface area contributed by atoms with Crippen LogP contribution in [-0.4, -0.2) is 71.5 Å². The molecule has 1 aliphatic heterocycles. The summed E-state index contributed by atoms with van der Waals surface area (Å²) in [4.78, 5) is 32.2. The molecule has 0 bridgehead atoms. The summed E-state index contributed by atoms with van der Waals surface area (Å²) < 4.78 is 17.8. The van der Waals surface area contributed by atoms with Gasteiger partial charge in [-0.3, -0.25) is 4.90 Å². The number of carbonyl (C=O) groups excluding carboxylic acids is 2. The minimum Gasteiger partial charge on any atom is -0.496 e. The molecule has 0 saturated carbocycles. The summed E-state index contributed by atoms with van der Waals surface area (Å²) in [5.74, 6) is 0.577. The largest absolute Gasteiger partial charge is 0.496 e. The number of nitrogen functional groups attached to an aromatic ring is 1. The fourth-order valence-electron chi connectivity index (χ4n) is 5.26. The van der Waals surface area contributed by atoms with Crippen LogP contribution in [0.5, 0.6) is 5.75 Å². The summed E-state index contributed by atoms with van der Waals surface area (Å²) in [6.07, 6.45) is 9.13. The Morgan fingerprint density at radius 1 is 1.22 bits per heavy atom. The molecule has 4 N–H and O–H groups in total. The van der Waals surface area contributed by atoms with Gasteiger partial charge in [-0.2, -0.15) is 5.10 Å². The predicted octanol–water partition coefficient (Wildman–Crippen LogP) is 3.25. The molecule has 1 saturated heterocycles. The molecule has 0 spiro atoms. The summed E-state index contributed by atoms with van der Waals surface area (Å²) >= 11 is 0. The SMILES string of the molecule is CCOC(=O)c1cn2ncnc(N)c2c1C1(C)C=CC(NC(=O)Nc2ccc(OC)c(CN3CCOCC3)c2)=CC1. The fourth-order valence-corrected chi connectivity index (χ4v) is 5.26. The van der Waals surface area contributed by atoms with Gasteiger partial charge in [0.05, 0.1) is 32.5 Å². The van der Waals surface area contributed by atoms with Gasteiger partial charge in [-0.15, -0.1) is 0 Å². The van der Waals surface area contributed by atoms with Gasteiger partial charge in [-0.1, -0.05) is 19.1 Å². The number of urea groups is 1. The van der Waals surface area contributed by atoms with Gasteiger partial charge in [0.2, 0.25) is 0 Å². The summed E-state index contributed by atoms with van der Waals surface area (Å²) in [5.41, 5.74) is 9.47. The van der Waals surface area contributed by atoms with E-state index in [1.165, 1.54) is 6.33 Å². The van der Waals surface area contributed by atoms with Crippen molar-refractivity contribution in [2.24, 2.45) is 0 Å². The Hall–Kier alpha value is -4.42. The number of anilines is 2. The number of amides is 2. The van der Waals surface area contributed by atoms with E-state index in [-0.39, 0.29) is 18.5 Å². The maximum Gasteiger partial charge on any atom is 0.340 e. The molecule has 0 radical (unpaired) electrons. The van der Waals surface area contributed by atoms with Crippen LogP contribution in [-0.2, 0) is 21.4 Å². The molecule has 3 aromatic rings. The third-order valence-electron chi connectivity index (χ3n) is 7.34. The van der Waals surface area contributed by atoms with E-state index in [0.717, 1.165) is 24.4 Å². The number of methoxy groups -OCH3 is 1. The van der Waals surface area contributed by atoms with Gasteiger partial charge >= 0.3 is 12.0 Å². The second kappa shape index (κ2) is 12.0. The Kier molecular flexibility index (Phi) is 8.22. The normalized spacial score (nSPS) is 19.0. The monoisotopic (exact) mass is 561 g/mol. The summed E-state index contributed by atoms with van der Waals surface area (Å²) in [6, 6.07) is 5.23. The maximum absolute atomic E-state index is 12.9. The number of esters is 1. The van der Waals surface area contributed by atoms with E-state index < -0.39 is 11.4 Å². The fraction of sp³-hybridized carbons (Fsp3) is 0.379. The Labute approximate surface area is 238 Å². The van der Waals surface area contributed by atoms with Crippen LogP contribution in [0.3, 0.4) is 0 Å². The second-order valence-corrected chi connectivity index (χ2v) is 10.2. The van der Waals surface area contributed by atoms with Crippen molar-refractivity contribution >= 4 is 29.0 Å². The highest BCUT2D eigenvalue weighted by Gasteiger charge is 2.35. The summed E-state index contributed by atoms with van der Waals surface area (Å²) in [6.45, 7) is 7.80. The van der Waals surface area contributed by atoms with E-state index in [1.807, 2.05) is 43.4 Å². The van der Waals surface area contributed by atoms with E-state index in [0.29, 0.717) is 54.2 Å². The third kappa shape index (κ3) is 6.03. The van der Waals surface area contributed by atoms with E-state index in [4.69, 9.17) is 19.9 Å². The number of hydrogen-bond acceptors (Lipinski definition) is 9. The number of nitrogens with zero attached hydrogens (tertiary/aromatic N) is 4. The number of hydrogen-bond donors (Lipinski definition) is 3. The van der Waals surface area contributed by atoms with Crippen LogP contribution < -0.4 is 21.1 Å². The van der Waals surface area contributed by atoms with Crippen molar-refractivity contribution in [2.75, 3.05) is 51.1 Å². The second-order valence-electron chi connectivity index (χ2n) is 10.2. The number of allylic oxidation sites excluding steroid dienone is 3. The Bertz CT molecular complexity index is 1510. The van der Waals surface area contributed by atoms with Crippen molar-refractivity contribution in [3.8, 4) is 5.75 Å².